The molecule has 0 unspecified atom stereocenters. The first kappa shape index (κ1) is 15.7. The van der Waals surface area contributed by atoms with Crippen LogP contribution < -0.4 is 10.4 Å². The Kier molecular flexibility index (Phi) is 3.98. The molecule has 0 spiro atoms. The molecule has 0 aromatic heterocycles. The number of rotatable bonds is 2. The van der Waals surface area contributed by atoms with Gasteiger partial charge in [-0.25, -0.2) is 0 Å². The van der Waals surface area contributed by atoms with E-state index < -0.39 is 0 Å². The number of hydrogen-bond donors (Lipinski definition) is 0. The normalized spacial score (nSPS) is 11.5. The Morgan fingerprint density at radius 3 is 1.58 bits per heavy atom. The summed E-state index contributed by atoms with van der Waals surface area (Å²) in [5.74, 6) is 2.48. The van der Waals surface area contributed by atoms with Crippen molar-refractivity contribution in [2.24, 2.45) is 0 Å². The van der Waals surface area contributed by atoms with Crippen LogP contribution in [0.25, 0.3) is 34.4 Å². The molecule has 0 N–H and O–H groups in total. The van der Waals surface area contributed by atoms with E-state index >= 15 is 0 Å². The first-order valence-corrected chi connectivity index (χ1v) is 8.39. The molecule has 0 amide bonds. The van der Waals surface area contributed by atoms with Gasteiger partial charge in [-0.2, -0.15) is 5.26 Å². The van der Waals surface area contributed by atoms with E-state index in [-0.39, 0.29) is 0 Å². The van der Waals surface area contributed by atoms with Crippen LogP contribution in [-0.4, -0.2) is 0 Å². The van der Waals surface area contributed by atoms with E-state index in [1.165, 1.54) is 11.1 Å². The lowest BCUT2D eigenvalue weighted by Gasteiger charge is -2.10. The van der Waals surface area contributed by atoms with Crippen molar-refractivity contribution in [3.05, 3.63) is 94.4 Å². The first-order valence-electron chi connectivity index (χ1n) is 8.39. The lowest BCUT2D eigenvalue weighted by Crippen LogP contribution is -2.21. The summed E-state index contributed by atoms with van der Waals surface area (Å²) in [6.45, 7) is 0. The van der Waals surface area contributed by atoms with E-state index in [4.69, 9.17) is 6.42 Å². The average Bonchev–Trinajstić information content (AvgIpc) is 3.12. The molecule has 1 nitrogen and oxygen atoms in total. The average molecular weight is 329 g/mol. The molecule has 0 bridgehead atoms. The Labute approximate surface area is 152 Å². The minimum absolute atomic E-state index is 0.365. The van der Waals surface area contributed by atoms with Crippen LogP contribution >= 0.6 is 0 Å². The summed E-state index contributed by atoms with van der Waals surface area (Å²) in [6.07, 6.45) is 9.46. The zero-order valence-corrected chi connectivity index (χ0v) is 14.1. The zero-order chi connectivity index (χ0) is 17.9. The van der Waals surface area contributed by atoms with Crippen molar-refractivity contribution in [2.75, 3.05) is 0 Å². The fourth-order valence-corrected chi connectivity index (χ4v) is 3.30. The van der Waals surface area contributed by atoms with Crippen LogP contribution in [0.4, 0.5) is 0 Å². The molecule has 26 heavy (non-hydrogen) atoms. The lowest BCUT2D eigenvalue weighted by molar-refractivity contribution is 1.51. The van der Waals surface area contributed by atoms with Gasteiger partial charge >= 0.3 is 0 Å². The summed E-state index contributed by atoms with van der Waals surface area (Å²) in [7, 11) is 0. The second kappa shape index (κ2) is 6.60. The number of allylic oxidation sites excluding steroid dienone is 2. The van der Waals surface area contributed by atoms with Crippen LogP contribution in [0.3, 0.4) is 0 Å². The smallest absolute Gasteiger partial charge is 0.109 e. The minimum atomic E-state index is 0.365. The molecule has 3 aromatic rings. The van der Waals surface area contributed by atoms with Gasteiger partial charge in [-0.15, -0.1) is 6.42 Å². The fraction of sp³-hybridized carbons (Fsp3) is 0. The highest BCUT2D eigenvalue weighted by Crippen LogP contribution is 2.30. The Hall–Kier alpha value is -3.81. The van der Waals surface area contributed by atoms with Crippen molar-refractivity contribution in [3.8, 4) is 40.7 Å². The topological polar surface area (TPSA) is 23.8 Å². The van der Waals surface area contributed by atoms with Gasteiger partial charge in [-0.3, -0.25) is 0 Å². The monoisotopic (exact) mass is 329 g/mol. The third-order valence-corrected chi connectivity index (χ3v) is 4.56. The number of fused-ring (bicyclic) bond motifs is 1. The summed E-state index contributed by atoms with van der Waals surface area (Å²) in [5, 5.41) is 11.4. The Morgan fingerprint density at radius 1 is 0.731 bits per heavy atom. The van der Waals surface area contributed by atoms with Crippen LogP contribution in [-0.2, 0) is 0 Å². The number of terminal acetylenes is 1. The maximum absolute atomic E-state index is 9.24. The molecule has 120 valence electrons. The fourth-order valence-electron chi connectivity index (χ4n) is 3.30. The molecule has 1 heteroatoms. The molecule has 1 aliphatic rings. The van der Waals surface area contributed by atoms with Crippen LogP contribution in [0.2, 0.25) is 0 Å². The van der Waals surface area contributed by atoms with E-state index in [1.54, 1.807) is 0 Å². The van der Waals surface area contributed by atoms with Crippen LogP contribution in [0.1, 0.15) is 0 Å². The highest BCUT2D eigenvalue weighted by molar-refractivity contribution is 5.86. The van der Waals surface area contributed by atoms with Gasteiger partial charge in [0, 0.05) is 5.57 Å². The molecule has 1 aliphatic carbocycles. The predicted molar refractivity (Wildman–Crippen MR) is 107 cm³/mol. The molecule has 0 fully saturated rings. The van der Waals surface area contributed by atoms with E-state index in [1.807, 2.05) is 48.6 Å². The van der Waals surface area contributed by atoms with Gasteiger partial charge < -0.3 is 0 Å². The Bertz CT molecular complexity index is 1120. The highest BCUT2D eigenvalue weighted by atomic mass is 14.2. The standard InChI is InChI=1S/C25H15N/c1-2-18(17-26)21-13-22-15-24(19-9-5-3-6-10-19)25(16-23(22)14-21)20-11-7-4-8-12-20/h1,3-16H. The summed E-state index contributed by atoms with van der Waals surface area (Å²) in [6, 6.07) is 27.2. The number of nitriles is 1. The Balaban J connectivity index is 2.04. The second-order valence-corrected chi connectivity index (χ2v) is 6.13. The highest BCUT2D eigenvalue weighted by Gasteiger charge is 2.11. The molecule has 0 aliphatic heterocycles. The second-order valence-electron chi connectivity index (χ2n) is 6.13. The number of benzene rings is 3. The third kappa shape index (κ3) is 2.73. The van der Waals surface area contributed by atoms with Gasteiger partial charge in [0.2, 0.25) is 0 Å². The number of hydrogen-bond acceptors (Lipinski definition) is 1. The summed E-state index contributed by atoms with van der Waals surface area (Å²) >= 11 is 0. The van der Waals surface area contributed by atoms with E-state index in [0.717, 1.165) is 27.1 Å². The summed E-state index contributed by atoms with van der Waals surface area (Å²) in [5.41, 5.74) is 5.83. The van der Waals surface area contributed by atoms with Crippen molar-refractivity contribution < 1.29 is 0 Å². The minimum Gasteiger partial charge on any atom is -0.192 e. The van der Waals surface area contributed by atoms with E-state index in [0.29, 0.717) is 5.57 Å². The van der Waals surface area contributed by atoms with E-state index in [2.05, 4.69) is 48.4 Å². The molecular weight excluding hydrogens is 314 g/mol. The first-order chi connectivity index (χ1) is 12.8. The van der Waals surface area contributed by atoms with Gasteiger partial charge in [0.05, 0.1) is 0 Å². The third-order valence-electron chi connectivity index (χ3n) is 4.56. The molecular formula is C25H15N. The number of nitrogens with zero attached hydrogens (tertiary/aromatic N) is 1. The van der Waals surface area contributed by atoms with Crippen molar-refractivity contribution in [3.63, 3.8) is 0 Å². The molecule has 0 heterocycles. The van der Waals surface area contributed by atoms with Crippen molar-refractivity contribution in [1.29, 1.82) is 5.26 Å². The van der Waals surface area contributed by atoms with Gasteiger partial charge in [0.15, 0.2) is 0 Å². The lowest BCUT2D eigenvalue weighted by atomic mass is 9.93. The van der Waals surface area contributed by atoms with Crippen LogP contribution in [0.5, 0.6) is 0 Å². The Morgan fingerprint density at radius 2 is 1.19 bits per heavy atom. The molecule has 0 atom stereocenters. The zero-order valence-electron chi connectivity index (χ0n) is 14.1. The summed E-state index contributed by atoms with van der Waals surface area (Å²) < 4.78 is 0. The molecule has 4 rings (SSSR count). The summed E-state index contributed by atoms with van der Waals surface area (Å²) in [4.78, 5) is 0. The molecule has 3 aromatic carbocycles. The van der Waals surface area contributed by atoms with Crippen LogP contribution in [0.15, 0.2) is 83.9 Å². The quantitative estimate of drug-likeness (QED) is 0.514. The molecule has 0 radical (unpaired) electrons. The van der Waals surface area contributed by atoms with Gasteiger partial charge in [0.25, 0.3) is 0 Å². The van der Waals surface area contributed by atoms with E-state index in [9.17, 15) is 5.26 Å². The maximum atomic E-state index is 9.24. The molecule has 0 saturated heterocycles. The van der Waals surface area contributed by atoms with Crippen molar-refractivity contribution in [2.45, 2.75) is 0 Å². The maximum Gasteiger partial charge on any atom is 0.109 e. The van der Waals surface area contributed by atoms with Crippen molar-refractivity contribution >= 4 is 12.2 Å². The van der Waals surface area contributed by atoms with Crippen LogP contribution in [0, 0.1) is 23.7 Å². The van der Waals surface area contributed by atoms with Gasteiger partial charge in [0.1, 0.15) is 11.6 Å². The van der Waals surface area contributed by atoms with Crippen molar-refractivity contribution in [1.82, 2.24) is 0 Å². The predicted octanol–water partition coefficient (Wildman–Crippen LogP) is 4.05. The van der Waals surface area contributed by atoms with Gasteiger partial charge in [-0.05, 0) is 57.0 Å². The largest absolute Gasteiger partial charge is 0.192 e. The van der Waals surface area contributed by atoms with Gasteiger partial charge in [-0.1, -0.05) is 66.6 Å². The SMILES string of the molecule is C#CC(C#N)=C1C=c2cc(-c3ccccc3)c(-c3ccccc3)cc2=C1. The molecule has 0 saturated carbocycles.